The SMILES string of the molecule is COc1ccc(CO[C@H]2[C@@H](OCc3ccccc3)[C@@H]3CC=C[C@H](O)[C@@H]3C(=O)C[C@H](O[Si](C)(C)C(C)(C)C)C2(C)C)cc1. The van der Waals surface area contributed by atoms with Crippen molar-refractivity contribution in [2.45, 2.75) is 103 Å². The molecule has 2 aromatic rings. The van der Waals surface area contributed by atoms with Crippen LogP contribution >= 0.6 is 0 Å². The average molecular weight is 595 g/mol. The predicted octanol–water partition coefficient (Wildman–Crippen LogP) is 7.11. The largest absolute Gasteiger partial charge is 0.497 e. The monoisotopic (exact) mass is 594 g/mol. The van der Waals surface area contributed by atoms with Gasteiger partial charge >= 0.3 is 0 Å². The molecule has 0 spiro atoms. The number of fused-ring (bicyclic) bond motifs is 1. The van der Waals surface area contributed by atoms with Crippen LogP contribution in [-0.2, 0) is 31.9 Å². The molecule has 2 aromatic carbocycles. The minimum atomic E-state index is -2.27. The second kappa shape index (κ2) is 13.1. The Morgan fingerprint density at radius 3 is 2.19 bits per heavy atom. The number of hydrogen-bond donors (Lipinski definition) is 1. The number of rotatable bonds is 9. The van der Waals surface area contributed by atoms with E-state index in [2.05, 4.69) is 47.7 Å². The van der Waals surface area contributed by atoms with E-state index < -0.39 is 44.1 Å². The number of ketones is 1. The summed E-state index contributed by atoms with van der Waals surface area (Å²) in [7, 11) is -0.612. The lowest BCUT2D eigenvalue weighted by Crippen LogP contribution is -2.60. The molecule has 7 heteroatoms. The predicted molar refractivity (Wildman–Crippen MR) is 169 cm³/mol. The van der Waals surface area contributed by atoms with Crippen molar-refractivity contribution in [3.05, 3.63) is 77.9 Å². The van der Waals surface area contributed by atoms with E-state index in [9.17, 15) is 9.90 Å². The van der Waals surface area contributed by atoms with Crippen molar-refractivity contribution in [3.63, 3.8) is 0 Å². The highest BCUT2D eigenvalue weighted by atomic mass is 28.4. The minimum absolute atomic E-state index is 0.0349. The Bertz CT molecular complexity index is 1200. The van der Waals surface area contributed by atoms with Crippen LogP contribution in [-0.4, -0.2) is 50.7 Å². The standard InChI is InChI=1S/C35H50O6Si/c1-34(2,3)42(7,8)41-30-21-29(37)31-27(15-12-16-28(31)36)32(39-22-24-13-10-9-11-14-24)33(35(30,4)5)40-23-25-17-19-26(38-6)20-18-25/h9-14,16-20,27-28,30-33,36H,15,21-23H2,1-8H3/t27-,28+,30+,31-,32+,33+/m1/s1. The summed E-state index contributed by atoms with van der Waals surface area (Å²) < 4.78 is 26.1. The lowest BCUT2D eigenvalue weighted by Gasteiger charge is -2.52. The Morgan fingerprint density at radius 2 is 1.57 bits per heavy atom. The molecular formula is C35H50O6Si. The van der Waals surface area contributed by atoms with Crippen molar-refractivity contribution in [1.82, 2.24) is 0 Å². The first kappa shape index (κ1) is 32.6. The van der Waals surface area contributed by atoms with Gasteiger partial charge in [0.05, 0.1) is 50.7 Å². The van der Waals surface area contributed by atoms with Crippen LogP contribution in [0.25, 0.3) is 0 Å². The summed E-state index contributed by atoms with van der Waals surface area (Å²) in [5, 5.41) is 11.1. The van der Waals surface area contributed by atoms with Gasteiger partial charge in [0.2, 0.25) is 0 Å². The van der Waals surface area contributed by atoms with Crippen LogP contribution in [0.4, 0.5) is 0 Å². The second-order valence-electron chi connectivity index (χ2n) is 14.0. The summed E-state index contributed by atoms with van der Waals surface area (Å²) in [6.45, 7) is 16.2. The van der Waals surface area contributed by atoms with Gasteiger partial charge in [0.1, 0.15) is 11.5 Å². The van der Waals surface area contributed by atoms with Gasteiger partial charge in [-0.25, -0.2) is 0 Å². The maximum atomic E-state index is 14.0. The molecular weight excluding hydrogens is 544 g/mol. The molecule has 4 rings (SSSR count). The van der Waals surface area contributed by atoms with E-state index in [-0.39, 0.29) is 23.2 Å². The van der Waals surface area contributed by atoms with Crippen molar-refractivity contribution in [2.75, 3.05) is 7.11 Å². The topological polar surface area (TPSA) is 74.2 Å². The van der Waals surface area contributed by atoms with E-state index in [0.717, 1.165) is 16.9 Å². The number of methoxy groups -OCH3 is 1. The third-order valence-electron chi connectivity index (χ3n) is 9.73. The van der Waals surface area contributed by atoms with E-state index in [4.69, 9.17) is 18.6 Å². The van der Waals surface area contributed by atoms with E-state index in [1.807, 2.05) is 60.7 Å². The number of aliphatic hydroxyl groups excluding tert-OH is 1. The quantitative estimate of drug-likeness (QED) is 0.246. The molecule has 0 heterocycles. The maximum absolute atomic E-state index is 14.0. The van der Waals surface area contributed by atoms with Gasteiger partial charge in [0, 0.05) is 17.8 Å². The van der Waals surface area contributed by atoms with Crippen molar-refractivity contribution in [3.8, 4) is 5.75 Å². The van der Waals surface area contributed by atoms with E-state index in [1.54, 1.807) is 13.2 Å². The lowest BCUT2D eigenvalue weighted by molar-refractivity contribution is -0.194. The van der Waals surface area contributed by atoms with Gasteiger partial charge in [-0.1, -0.05) is 89.2 Å². The maximum Gasteiger partial charge on any atom is 0.192 e. The highest BCUT2D eigenvalue weighted by molar-refractivity contribution is 6.74. The number of ether oxygens (including phenoxy) is 3. The Hall–Kier alpha value is -2.29. The van der Waals surface area contributed by atoms with Gasteiger partial charge in [-0.05, 0) is 47.8 Å². The van der Waals surface area contributed by atoms with Gasteiger partial charge < -0.3 is 23.7 Å². The normalized spacial score (nSPS) is 28.1. The number of carbonyl (C=O) groups is 1. The molecule has 1 saturated carbocycles. The smallest absolute Gasteiger partial charge is 0.192 e. The number of allylic oxidation sites excluding steroid dienone is 1. The van der Waals surface area contributed by atoms with Gasteiger partial charge in [-0.15, -0.1) is 0 Å². The fourth-order valence-corrected chi connectivity index (χ4v) is 7.45. The molecule has 0 aliphatic heterocycles. The first-order valence-electron chi connectivity index (χ1n) is 15.2. The van der Waals surface area contributed by atoms with Gasteiger partial charge in [-0.2, -0.15) is 0 Å². The molecule has 6 atom stereocenters. The second-order valence-corrected chi connectivity index (χ2v) is 18.8. The van der Waals surface area contributed by atoms with Crippen LogP contribution in [0.2, 0.25) is 18.1 Å². The molecule has 0 bridgehead atoms. The molecule has 1 N–H and O–H groups in total. The number of aliphatic hydroxyl groups is 1. The van der Waals surface area contributed by atoms with Crippen LogP contribution < -0.4 is 4.74 Å². The molecule has 0 saturated heterocycles. The van der Waals surface area contributed by atoms with Crippen molar-refractivity contribution < 1.29 is 28.5 Å². The third-order valence-corrected chi connectivity index (χ3v) is 14.2. The Labute approximate surface area is 253 Å². The van der Waals surface area contributed by atoms with Crippen LogP contribution in [0.3, 0.4) is 0 Å². The molecule has 0 aromatic heterocycles. The molecule has 0 radical (unpaired) electrons. The minimum Gasteiger partial charge on any atom is -0.497 e. The molecule has 6 nitrogen and oxygen atoms in total. The number of hydrogen-bond acceptors (Lipinski definition) is 6. The summed E-state index contributed by atoms with van der Waals surface area (Å²) in [6, 6.07) is 18.0. The van der Waals surface area contributed by atoms with Crippen LogP contribution in [0.5, 0.6) is 5.75 Å². The third kappa shape index (κ3) is 7.25. The fraction of sp³-hybridized carbons (Fsp3) is 0.571. The van der Waals surface area contributed by atoms with Crippen molar-refractivity contribution in [2.24, 2.45) is 17.3 Å². The van der Waals surface area contributed by atoms with Crippen molar-refractivity contribution >= 4 is 14.1 Å². The zero-order chi connectivity index (χ0) is 30.7. The molecule has 1 fully saturated rings. The zero-order valence-electron chi connectivity index (χ0n) is 26.6. The molecule has 230 valence electrons. The molecule has 2 aliphatic carbocycles. The highest BCUT2D eigenvalue weighted by Crippen LogP contribution is 2.48. The number of carbonyl (C=O) groups excluding carboxylic acids is 1. The van der Waals surface area contributed by atoms with Crippen molar-refractivity contribution in [1.29, 1.82) is 0 Å². The van der Waals surface area contributed by atoms with Gasteiger partial charge in [-0.3, -0.25) is 4.79 Å². The van der Waals surface area contributed by atoms with Gasteiger partial charge in [0.15, 0.2) is 8.32 Å². The fourth-order valence-electron chi connectivity index (χ4n) is 6.00. The summed E-state index contributed by atoms with van der Waals surface area (Å²) in [6.07, 6.45) is 2.51. The molecule has 42 heavy (non-hydrogen) atoms. The Kier molecular flexibility index (Phi) is 10.2. The van der Waals surface area contributed by atoms with E-state index in [0.29, 0.717) is 19.6 Å². The highest BCUT2D eigenvalue weighted by Gasteiger charge is 2.55. The Morgan fingerprint density at radius 1 is 0.952 bits per heavy atom. The lowest BCUT2D eigenvalue weighted by atomic mass is 9.64. The first-order chi connectivity index (χ1) is 19.7. The van der Waals surface area contributed by atoms with Crippen LogP contribution in [0.1, 0.15) is 58.6 Å². The summed E-state index contributed by atoms with van der Waals surface area (Å²) >= 11 is 0. The first-order valence-corrected chi connectivity index (χ1v) is 18.1. The summed E-state index contributed by atoms with van der Waals surface area (Å²) in [4.78, 5) is 14.0. The summed E-state index contributed by atoms with van der Waals surface area (Å²) in [5.74, 6) is 0.0245. The number of Topliss-reactive ketones (excluding diaryl/α,β-unsaturated/α-hetero) is 1. The number of benzene rings is 2. The van der Waals surface area contributed by atoms with Gasteiger partial charge in [0.25, 0.3) is 0 Å². The van der Waals surface area contributed by atoms with E-state index in [1.165, 1.54) is 0 Å². The van der Waals surface area contributed by atoms with Crippen LogP contribution in [0, 0.1) is 17.3 Å². The van der Waals surface area contributed by atoms with E-state index >= 15 is 0 Å². The molecule has 0 amide bonds. The zero-order valence-corrected chi connectivity index (χ0v) is 27.6. The summed E-state index contributed by atoms with van der Waals surface area (Å²) in [5.41, 5.74) is 1.50. The molecule has 2 aliphatic rings. The van der Waals surface area contributed by atoms with Crippen LogP contribution in [0.15, 0.2) is 66.7 Å². The Balaban J connectivity index is 1.77. The molecule has 0 unspecified atom stereocenters. The average Bonchev–Trinajstić information content (AvgIpc) is 2.93.